The van der Waals surface area contributed by atoms with Crippen molar-refractivity contribution in [1.82, 2.24) is 0 Å². The third kappa shape index (κ3) is 5.08. The molecule has 1 fully saturated rings. The van der Waals surface area contributed by atoms with Crippen molar-refractivity contribution in [1.29, 1.82) is 0 Å². The first-order valence-corrected chi connectivity index (χ1v) is 4.97. The van der Waals surface area contributed by atoms with Crippen LogP contribution in [-0.2, 0) is 4.74 Å². The molecule has 15 heavy (non-hydrogen) atoms. The number of allylic oxidation sites excluding steroid dienone is 2. The molecule has 0 aromatic carbocycles. The SMILES string of the molecule is CCC1OC1/C=C/C#CC#C/C=C/CO. The predicted molar refractivity (Wildman–Crippen MR) is 59.9 cm³/mol. The Morgan fingerprint density at radius 3 is 2.60 bits per heavy atom. The lowest BCUT2D eigenvalue weighted by Crippen LogP contribution is -1.85. The van der Waals surface area contributed by atoms with Gasteiger partial charge in [-0.3, -0.25) is 0 Å². The third-order valence-electron chi connectivity index (χ3n) is 1.91. The Hall–Kier alpha value is -1.48. The number of epoxide rings is 1. The average Bonchev–Trinajstić information content (AvgIpc) is 3.01. The molecule has 2 nitrogen and oxygen atoms in total. The molecule has 1 N–H and O–H groups in total. The lowest BCUT2D eigenvalue weighted by molar-refractivity contribution is 0.343. The van der Waals surface area contributed by atoms with Crippen molar-refractivity contribution in [2.24, 2.45) is 0 Å². The van der Waals surface area contributed by atoms with Gasteiger partial charge in [-0.1, -0.05) is 24.8 Å². The van der Waals surface area contributed by atoms with Crippen LogP contribution in [0.25, 0.3) is 0 Å². The highest BCUT2D eigenvalue weighted by Crippen LogP contribution is 2.25. The standard InChI is InChI=1S/C13H14O2/c1-2-12-13(15-12)10-8-6-4-3-5-7-9-11-14/h7-10,12-14H,2,11H2,1H3/b9-7+,10-8+. The van der Waals surface area contributed by atoms with Gasteiger partial charge < -0.3 is 9.84 Å². The average molecular weight is 202 g/mol. The van der Waals surface area contributed by atoms with Crippen LogP contribution in [0, 0.1) is 23.7 Å². The fraction of sp³-hybridized carbons (Fsp3) is 0.385. The van der Waals surface area contributed by atoms with E-state index in [1.54, 1.807) is 18.2 Å². The van der Waals surface area contributed by atoms with E-state index in [0.29, 0.717) is 6.10 Å². The van der Waals surface area contributed by atoms with Gasteiger partial charge in [0.1, 0.15) is 6.10 Å². The zero-order chi connectivity index (χ0) is 10.9. The molecule has 1 heterocycles. The molecule has 0 aromatic rings. The summed E-state index contributed by atoms with van der Waals surface area (Å²) < 4.78 is 5.30. The van der Waals surface area contributed by atoms with E-state index in [-0.39, 0.29) is 12.7 Å². The molecule has 2 atom stereocenters. The molecule has 0 amide bonds. The lowest BCUT2D eigenvalue weighted by atomic mass is 10.2. The van der Waals surface area contributed by atoms with Gasteiger partial charge >= 0.3 is 0 Å². The van der Waals surface area contributed by atoms with Crippen LogP contribution in [0.2, 0.25) is 0 Å². The molecule has 0 radical (unpaired) electrons. The summed E-state index contributed by atoms with van der Waals surface area (Å²) in [6.07, 6.45) is 8.56. The van der Waals surface area contributed by atoms with Gasteiger partial charge in [-0.2, -0.15) is 0 Å². The van der Waals surface area contributed by atoms with Crippen LogP contribution in [0.5, 0.6) is 0 Å². The lowest BCUT2D eigenvalue weighted by Gasteiger charge is -1.76. The van der Waals surface area contributed by atoms with Gasteiger partial charge in [0.25, 0.3) is 0 Å². The van der Waals surface area contributed by atoms with Gasteiger partial charge in [0.05, 0.1) is 12.7 Å². The maximum atomic E-state index is 8.41. The van der Waals surface area contributed by atoms with E-state index in [1.165, 1.54) is 0 Å². The van der Waals surface area contributed by atoms with E-state index in [2.05, 4.69) is 30.6 Å². The first-order valence-electron chi connectivity index (χ1n) is 4.97. The molecule has 2 heteroatoms. The number of rotatable bonds is 3. The van der Waals surface area contributed by atoms with Crippen molar-refractivity contribution in [3.8, 4) is 23.7 Å². The van der Waals surface area contributed by atoms with Crippen molar-refractivity contribution in [3.63, 3.8) is 0 Å². The minimum atomic E-state index is 0.0133. The summed E-state index contributed by atoms with van der Waals surface area (Å²) in [5.74, 6) is 10.8. The fourth-order valence-corrected chi connectivity index (χ4v) is 1.06. The van der Waals surface area contributed by atoms with E-state index in [9.17, 15) is 0 Å². The predicted octanol–water partition coefficient (Wildman–Crippen LogP) is 1.28. The van der Waals surface area contributed by atoms with Gasteiger partial charge in [-0.25, -0.2) is 0 Å². The molecule has 1 rings (SSSR count). The fourth-order valence-electron chi connectivity index (χ4n) is 1.06. The zero-order valence-electron chi connectivity index (χ0n) is 8.73. The smallest absolute Gasteiger partial charge is 0.103 e. The zero-order valence-corrected chi connectivity index (χ0v) is 8.73. The first kappa shape index (κ1) is 11.6. The van der Waals surface area contributed by atoms with E-state index in [1.807, 2.05) is 6.08 Å². The molecule has 0 aliphatic carbocycles. The molecule has 0 saturated carbocycles. The Morgan fingerprint density at radius 1 is 1.27 bits per heavy atom. The molecule has 0 bridgehead atoms. The summed E-state index contributed by atoms with van der Waals surface area (Å²) >= 11 is 0. The van der Waals surface area contributed by atoms with Crippen molar-refractivity contribution in [2.75, 3.05) is 6.61 Å². The van der Waals surface area contributed by atoms with Crippen molar-refractivity contribution < 1.29 is 9.84 Å². The highest BCUT2D eigenvalue weighted by atomic mass is 16.6. The molecule has 0 aromatic heterocycles. The third-order valence-corrected chi connectivity index (χ3v) is 1.91. The quantitative estimate of drug-likeness (QED) is 0.552. The Kier molecular flexibility index (Phi) is 5.33. The minimum Gasteiger partial charge on any atom is -0.392 e. The number of hydrogen-bond acceptors (Lipinski definition) is 2. The first-order chi connectivity index (χ1) is 7.38. The van der Waals surface area contributed by atoms with E-state index in [4.69, 9.17) is 9.84 Å². The summed E-state index contributed by atoms with van der Waals surface area (Å²) in [5.41, 5.74) is 0. The van der Waals surface area contributed by atoms with Crippen LogP contribution in [0.4, 0.5) is 0 Å². The number of ether oxygens (including phenoxy) is 1. The largest absolute Gasteiger partial charge is 0.392 e. The van der Waals surface area contributed by atoms with Crippen molar-refractivity contribution >= 4 is 0 Å². The second kappa shape index (κ2) is 6.90. The van der Waals surface area contributed by atoms with Crippen LogP contribution in [-0.4, -0.2) is 23.9 Å². The second-order valence-electron chi connectivity index (χ2n) is 3.03. The highest BCUT2D eigenvalue weighted by molar-refractivity contribution is 5.34. The number of hydrogen-bond donors (Lipinski definition) is 1. The molecule has 78 valence electrons. The Balaban J connectivity index is 2.21. The van der Waals surface area contributed by atoms with Crippen molar-refractivity contribution in [2.45, 2.75) is 25.6 Å². The summed E-state index contributed by atoms with van der Waals surface area (Å²) in [6.45, 7) is 2.11. The molecular weight excluding hydrogens is 188 g/mol. The Bertz CT molecular complexity index is 357. The van der Waals surface area contributed by atoms with Crippen LogP contribution < -0.4 is 0 Å². The van der Waals surface area contributed by atoms with Gasteiger partial charge in [0.15, 0.2) is 0 Å². The molecular formula is C13H14O2. The van der Waals surface area contributed by atoms with Crippen LogP contribution in [0.15, 0.2) is 24.3 Å². The van der Waals surface area contributed by atoms with Crippen LogP contribution in [0.1, 0.15) is 13.3 Å². The molecule has 1 aliphatic heterocycles. The number of aliphatic hydroxyl groups is 1. The summed E-state index contributed by atoms with van der Waals surface area (Å²) in [5, 5.41) is 8.41. The Labute approximate surface area is 90.6 Å². The van der Waals surface area contributed by atoms with Gasteiger partial charge in [-0.05, 0) is 36.5 Å². The summed E-state index contributed by atoms with van der Waals surface area (Å²) in [4.78, 5) is 0. The Morgan fingerprint density at radius 2 is 2.00 bits per heavy atom. The monoisotopic (exact) mass is 202 g/mol. The summed E-state index contributed by atoms with van der Waals surface area (Å²) in [7, 11) is 0. The second-order valence-corrected chi connectivity index (χ2v) is 3.03. The highest BCUT2D eigenvalue weighted by Gasteiger charge is 2.33. The van der Waals surface area contributed by atoms with Gasteiger partial charge in [0, 0.05) is 0 Å². The van der Waals surface area contributed by atoms with E-state index >= 15 is 0 Å². The minimum absolute atomic E-state index is 0.0133. The number of aliphatic hydroxyl groups excluding tert-OH is 1. The van der Waals surface area contributed by atoms with Gasteiger partial charge in [0.2, 0.25) is 0 Å². The van der Waals surface area contributed by atoms with Crippen molar-refractivity contribution in [3.05, 3.63) is 24.3 Å². The topological polar surface area (TPSA) is 32.8 Å². The van der Waals surface area contributed by atoms with Crippen LogP contribution in [0.3, 0.4) is 0 Å². The molecule has 2 unspecified atom stereocenters. The summed E-state index contributed by atoms with van der Waals surface area (Å²) in [6, 6.07) is 0. The normalized spacial score (nSPS) is 23.3. The maximum Gasteiger partial charge on any atom is 0.103 e. The molecule has 1 aliphatic rings. The maximum absolute atomic E-state index is 8.41. The van der Waals surface area contributed by atoms with E-state index < -0.39 is 0 Å². The van der Waals surface area contributed by atoms with E-state index in [0.717, 1.165) is 6.42 Å². The van der Waals surface area contributed by atoms with Gasteiger partial charge in [-0.15, -0.1) is 0 Å². The molecule has 0 spiro atoms. The van der Waals surface area contributed by atoms with Crippen LogP contribution >= 0.6 is 0 Å². The molecule has 1 saturated heterocycles.